The van der Waals surface area contributed by atoms with Gasteiger partial charge in [0.25, 0.3) is 0 Å². The maximum absolute atomic E-state index is 10.6. The summed E-state index contributed by atoms with van der Waals surface area (Å²) in [5.41, 5.74) is 1.09. The molecule has 0 radical (unpaired) electrons. The predicted octanol–water partition coefficient (Wildman–Crippen LogP) is 2.99. The summed E-state index contributed by atoms with van der Waals surface area (Å²) < 4.78 is 1.58. The molecule has 5 heteroatoms. The molecule has 3 aromatic rings. The third-order valence-electron chi connectivity index (χ3n) is 3.03. The molecule has 0 N–H and O–H groups in total. The lowest BCUT2D eigenvalue weighted by molar-refractivity contribution is -0.389. The molecule has 5 nitrogen and oxygen atoms in total. The summed E-state index contributed by atoms with van der Waals surface area (Å²) in [5.74, 6) is -0.125. The van der Waals surface area contributed by atoms with E-state index in [9.17, 15) is 10.1 Å². The fourth-order valence-electron chi connectivity index (χ4n) is 2.14. The van der Waals surface area contributed by atoms with Gasteiger partial charge in [0.1, 0.15) is 0 Å². The third-order valence-corrected chi connectivity index (χ3v) is 3.03. The number of fused-ring (bicyclic) bond motifs is 1. The summed E-state index contributed by atoms with van der Waals surface area (Å²) in [6.45, 7) is 0.523. The molecule has 0 spiro atoms. The van der Waals surface area contributed by atoms with Crippen molar-refractivity contribution in [3.05, 3.63) is 70.4 Å². The topological polar surface area (TPSA) is 61.0 Å². The zero-order valence-corrected chi connectivity index (χ0v) is 10.1. The number of hydrogen-bond donors (Lipinski definition) is 0. The summed E-state index contributed by atoms with van der Waals surface area (Å²) in [6, 6.07) is 15.5. The normalized spacial score (nSPS) is 10.7. The van der Waals surface area contributed by atoms with Crippen molar-refractivity contribution in [1.29, 1.82) is 0 Å². The van der Waals surface area contributed by atoms with Crippen molar-refractivity contribution in [2.45, 2.75) is 6.54 Å². The van der Waals surface area contributed by atoms with Crippen molar-refractivity contribution in [3.63, 3.8) is 0 Å². The minimum Gasteiger partial charge on any atom is -0.358 e. The van der Waals surface area contributed by atoms with Gasteiger partial charge in [0.2, 0.25) is 0 Å². The van der Waals surface area contributed by atoms with Gasteiger partial charge in [0.05, 0.1) is 23.9 Å². The summed E-state index contributed by atoms with van der Waals surface area (Å²) in [5, 5.41) is 16.8. The van der Waals surface area contributed by atoms with Gasteiger partial charge in [-0.1, -0.05) is 42.5 Å². The molecule has 94 valence electrons. The highest BCUT2D eigenvalue weighted by Gasteiger charge is 2.11. The van der Waals surface area contributed by atoms with E-state index in [1.54, 1.807) is 10.9 Å². The zero-order valence-electron chi connectivity index (χ0n) is 10.1. The zero-order chi connectivity index (χ0) is 13.2. The first kappa shape index (κ1) is 11.4. The molecule has 0 saturated heterocycles. The predicted molar refractivity (Wildman–Crippen MR) is 71.9 cm³/mol. The molecule has 1 heterocycles. The maximum atomic E-state index is 10.6. The van der Waals surface area contributed by atoms with E-state index in [1.165, 1.54) is 6.07 Å². The van der Waals surface area contributed by atoms with E-state index in [4.69, 9.17) is 0 Å². The van der Waals surface area contributed by atoms with Crippen LogP contribution in [-0.2, 0) is 6.54 Å². The third kappa shape index (κ3) is 2.18. The lowest BCUT2D eigenvalue weighted by atomic mass is 10.0. The van der Waals surface area contributed by atoms with Crippen molar-refractivity contribution >= 4 is 16.6 Å². The number of nitro groups is 1. The van der Waals surface area contributed by atoms with Crippen LogP contribution < -0.4 is 0 Å². The monoisotopic (exact) mass is 253 g/mol. The minimum absolute atomic E-state index is 0.125. The highest BCUT2D eigenvalue weighted by molar-refractivity contribution is 5.85. The van der Waals surface area contributed by atoms with Crippen molar-refractivity contribution in [3.8, 4) is 0 Å². The van der Waals surface area contributed by atoms with Crippen LogP contribution in [0.25, 0.3) is 10.8 Å². The Balaban J connectivity index is 1.98. The van der Waals surface area contributed by atoms with Crippen LogP contribution in [0.5, 0.6) is 0 Å². The second-order valence-electron chi connectivity index (χ2n) is 4.27. The van der Waals surface area contributed by atoms with Crippen LogP contribution in [0.3, 0.4) is 0 Å². The van der Waals surface area contributed by atoms with E-state index in [2.05, 4.69) is 5.10 Å². The Bertz CT molecular complexity index is 744. The standard InChI is InChI=1S/C14H11N3O2/c18-17(19)14-8-9-16(15-14)10-12-6-3-5-11-4-1-2-7-13(11)12/h1-9H,10H2. The van der Waals surface area contributed by atoms with Crippen LogP contribution in [0.1, 0.15) is 5.56 Å². The van der Waals surface area contributed by atoms with E-state index in [0.717, 1.165) is 16.3 Å². The van der Waals surface area contributed by atoms with Crippen molar-refractivity contribution in [2.24, 2.45) is 0 Å². The van der Waals surface area contributed by atoms with Gasteiger partial charge in [-0.2, -0.15) is 4.68 Å². The molecule has 0 saturated carbocycles. The van der Waals surface area contributed by atoms with Crippen LogP contribution in [0.2, 0.25) is 0 Å². The van der Waals surface area contributed by atoms with Crippen LogP contribution in [0.15, 0.2) is 54.7 Å². The number of hydrogen-bond acceptors (Lipinski definition) is 3. The van der Waals surface area contributed by atoms with E-state index >= 15 is 0 Å². The van der Waals surface area contributed by atoms with E-state index in [1.807, 2.05) is 42.5 Å². The first-order chi connectivity index (χ1) is 9.24. The summed E-state index contributed by atoms with van der Waals surface area (Å²) in [6.07, 6.45) is 1.62. The van der Waals surface area contributed by atoms with Gasteiger partial charge in [-0.15, -0.1) is 0 Å². The molecule has 0 atom stereocenters. The Kier molecular flexibility index (Phi) is 2.72. The summed E-state index contributed by atoms with van der Waals surface area (Å²) >= 11 is 0. The molecule has 19 heavy (non-hydrogen) atoms. The Morgan fingerprint density at radius 3 is 2.68 bits per heavy atom. The molecule has 3 rings (SSSR count). The second kappa shape index (κ2) is 4.53. The highest BCUT2D eigenvalue weighted by Crippen LogP contribution is 2.19. The highest BCUT2D eigenvalue weighted by atomic mass is 16.6. The van der Waals surface area contributed by atoms with Gasteiger partial charge in [0.15, 0.2) is 0 Å². The number of benzene rings is 2. The second-order valence-corrected chi connectivity index (χ2v) is 4.27. The Hall–Kier alpha value is -2.69. The average Bonchev–Trinajstić information content (AvgIpc) is 2.88. The molecular formula is C14H11N3O2. The molecule has 0 aliphatic rings. The molecule has 0 unspecified atom stereocenters. The van der Waals surface area contributed by atoms with Gasteiger partial charge < -0.3 is 10.1 Å². The maximum Gasteiger partial charge on any atom is 0.389 e. The molecule has 0 aliphatic carbocycles. The smallest absolute Gasteiger partial charge is 0.358 e. The van der Waals surface area contributed by atoms with Crippen molar-refractivity contribution < 1.29 is 4.92 Å². The fraction of sp³-hybridized carbons (Fsp3) is 0.0714. The SMILES string of the molecule is O=[N+]([O-])c1ccn(Cc2cccc3ccccc23)n1. The van der Waals surface area contributed by atoms with E-state index in [-0.39, 0.29) is 5.82 Å². The van der Waals surface area contributed by atoms with Gasteiger partial charge in [-0.25, -0.2) is 0 Å². The number of rotatable bonds is 3. The van der Waals surface area contributed by atoms with Gasteiger partial charge in [0, 0.05) is 0 Å². The molecule has 0 amide bonds. The lowest BCUT2D eigenvalue weighted by Gasteiger charge is -2.04. The van der Waals surface area contributed by atoms with Crippen LogP contribution >= 0.6 is 0 Å². The van der Waals surface area contributed by atoms with Gasteiger partial charge in [-0.3, -0.25) is 0 Å². The molecule has 0 bridgehead atoms. The number of nitrogens with zero attached hydrogens (tertiary/aromatic N) is 3. The van der Waals surface area contributed by atoms with Crippen molar-refractivity contribution in [2.75, 3.05) is 0 Å². The Morgan fingerprint density at radius 2 is 1.89 bits per heavy atom. The van der Waals surface area contributed by atoms with E-state index in [0.29, 0.717) is 6.54 Å². The summed E-state index contributed by atoms with van der Waals surface area (Å²) in [7, 11) is 0. The molecule has 2 aromatic carbocycles. The average molecular weight is 253 g/mol. The molecular weight excluding hydrogens is 242 g/mol. The number of aromatic nitrogens is 2. The van der Waals surface area contributed by atoms with Crippen LogP contribution in [0, 0.1) is 10.1 Å². The largest absolute Gasteiger partial charge is 0.389 e. The Morgan fingerprint density at radius 1 is 1.11 bits per heavy atom. The molecule has 0 fully saturated rings. The Labute approximate surface area is 109 Å². The lowest BCUT2D eigenvalue weighted by Crippen LogP contribution is -2.01. The quantitative estimate of drug-likeness (QED) is 0.532. The molecule has 0 aliphatic heterocycles. The summed E-state index contributed by atoms with van der Waals surface area (Å²) in [4.78, 5) is 10.1. The van der Waals surface area contributed by atoms with Crippen LogP contribution in [0.4, 0.5) is 5.82 Å². The van der Waals surface area contributed by atoms with E-state index < -0.39 is 4.92 Å². The molecule has 1 aromatic heterocycles. The first-order valence-corrected chi connectivity index (χ1v) is 5.88. The van der Waals surface area contributed by atoms with Crippen molar-refractivity contribution in [1.82, 2.24) is 9.78 Å². The van der Waals surface area contributed by atoms with Gasteiger partial charge in [-0.05, 0) is 21.3 Å². The minimum atomic E-state index is -0.487. The van der Waals surface area contributed by atoms with Gasteiger partial charge >= 0.3 is 5.82 Å². The van der Waals surface area contributed by atoms with Crippen LogP contribution in [-0.4, -0.2) is 14.7 Å². The first-order valence-electron chi connectivity index (χ1n) is 5.88. The fourth-order valence-corrected chi connectivity index (χ4v) is 2.14.